The van der Waals surface area contributed by atoms with Crippen LogP contribution in [0.15, 0.2) is 41.1 Å². The van der Waals surface area contributed by atoms with Crippen molar-refractivity contribution in [3.05, 3.63) is 41.5 Å². The number of ether oxygens (including phenoxy) is 1. The van der Waals surface area contributed by atoms with Crippen molar-refractivity contribution >= 4 is 11.7 Å². The quantitative estimate of drug-likeness (QED) is 0.276. The Morgan fingerprint density at radius 2 is 1.77 bits per heavy atom. The summed E-state index contributed by atoms with van der Waals surface area (Å²) in [6.07, 6.45) is 10.6. The number of rotatable bonds is 2. The molecule has 1 aromatic carbocycles. The molecule has 0 aliphatic heterocycles. The number of carbonyl (C=O) groups is 1. The number of esters is 1. The third kappa shape index (κ3) is 3.19. The van der Waals surface area contributed by atoms with Gasteiger partial charge in [0.05, 0.1) is 11.3 Å². The monoisotopic (exact) mass is 423 g/mol. The summed E-state index contributed by atoms with van der Waals surface area (Å²) in [7, 11) is 0. The van der Waals surface area contributed by atoms with Gasteiger partial charge in [-0.05, 0) is 92.4 Å². The van der Waals surface area contributed by atoms with E-state index in [2.05, 4.69) is 25.1 Å². The maximum atomic E-state index is 12.6. The number of phenolic OH excluding ortho intramolecular Hbond substituents is 1. The molecular weight excluding hydrogens is 390 g/mol. The van der Waals surface area contributed by atoms with E-state index in [0.29, 0.717) is 23.3 Å². The smallest absolute Gasteiger partial charge is 0.338 e. The van der Waals surface area contributed by atoms with E-state index < -0.39 is 0 Å². The van der Waals surface area contributed by atoms with E-state index in [9.17, 15) is 15.1 Å². The van der Waals surface area contributed by atoms with Gasteiger partial charge in [0.1, 0.15) is 11.9 Å². The standard InChI is InChI=1S/C26H33NO4/c1-25-13-11-19(31-24(29)16-3-6-18(28)7-4-16)15-17(25)5-8-20-21-9-10-23(27-30)26(21,2)14-12-22(20)25/h3-7,19-22,28,30H,8-15H2,1-2H3/b27-23-/t19-,20?,21?,22?,25-,26-/m0/s1. The third-order valence-corrected chi connectivity index (χ3v) is 9.30. The van der Waals surface area contributed by atoms with Crippen molar-refractivity contribution in [3.8, 4) is 5.75 Å². The number of oxime groups is 1. The molecular formula is C26H33NO4. The van der Waals surface area contributed by atoms with Gasteiger partial charge < -0.3 is 15.1 Å². The average molecular weight is 424 g/mol. The molecule has 5 rings (SSSR count). The summed E-state index contributed by atoms with van der Waals surface area (Å²) in [5, 5.41) is 22.6. The molecule has 0 bridgehead atoms. The highest BCUT2D eigenvalue weighted by Crippen LogP contribution is 2.64. The molecule has 4 aliphatic rings. The van der Waals surface area contributed by atoms with Crippen LogP contribution < -0.4 is 0 Å². The van der Waals surface area contributed by atoms with E-state index in [4.69, 9.17) is 4.74 Å². The highest BCUT2D eigenvalue weighted by Gasteiger charge is 2.58. The van der Waals surface area contributed by atoms with Crippen LogP contribution in [-0.4, -0.2) is 28.1 Å². The number of carbonyl (C=O) groups excluding carboxylic acids is 1. The Hall–Kier alpha value is -2.30. The van der Waals surface area contributed by atoms with Crippen LogP contribution in [-0.2, 0) is 4.74 Å². The predicted molar refractivity (Wildman–Crippen MR) is 118 cm³/mol. The Morgan fingerprint density at radius 3 is 2.52 bits per heavy atom. The van der Waals surface area contributed by atoms with Crippen LogP contribution in [0.3, 0.4) is 0 Å². The van der Waals surface area contributed by atoms with Gasteiger partial charge >= 0.3 is 5.97 Å². The second-order valence-electron chi connectivity index (χ2n) is 10.6. The van der Waals surface area contributed by atoms with Crippen LogP contribution in [0.4, 0.5) is 0 Å². The minimum atomic E-state index is -0.307. The Kier molecular flexibility index (Phi) is 4.91. The van der Waals surface area contributed by atoms with Crippen LogP contribution in [0.2, 0.25) is 0 Å². The lowest BCUT2D eigenvalue weighted by molar-refractivity contribution is -0.0287. The fourth-order valence-corrected chi connectivity index (χ4v) is 7.50. The summed E-state index contributed by atoms with van der Waals surface area (Å²) in [5.41, 5.74) is 3.22. The fraction of sp³-hybridized carbons (Fsp3) is 0.615. The zero-order valence-electron chi connectivity index (χ0n) is 18.5. The predicted octanol–water partition coefficient (Wildman–Crippen LogP) is 5.71. The third-order valence-electron chi connectivity index (χ3n) is 9.30. The number of fused-ring (bicyclic) bond motifs is 5. The zero-order valence-corrected chi connectivity index (χ0v) is 18.5. The van der Waals surface area contributed by atoms with E-state index in [1.807, 2.05) is 0 Å². The molecule has 3 fully saturated rings. The molecule has 2 N–H and O–H groups in total. The topological polar surface area (TPSA) is 79.1 Å². The summed E-state index contributed by atoms with van der Waals surface area (Å²) < 4.78 is 5.86. The van der Waals surface area contributed by atoms with Crippen molar-refractivity contribution in [1.29, 1.82) is 0 Å². The van der Waals surface area contributed by atoms with E-state index in [0.717, 1.165) is 50.7 Å². The summed E-state index contributed by atoms with van der Waals surface area (Å²) in [6, 6.07) is 6.26. The average Bonchev–Trinajstić information content (AvgIpc) is 3.10. The lowest BCUT2D eigenvalue weighted by Gasteiger charge is -2.57. The van der Waals surface area contributed by atoms with Gasteiger partial charge in [0.15, 0.2) is 0 Å². The van der Waals surface area contributed by atoms with E-state index in [1.165, 1.54) is 24.1 Å². The summed E-state index contributed by atoms with van der Waals surface area (Å²) in [6.45, 7) is 4.75. The van der Waals surface area contributed by atoms with Crippen molar-refractivity contribution in [2.45, 2.75) is 71.3 Å². The lowest BCUT2D eigenvalue weighted by Crippen LogP contribution is -2.50. The van der Waals surface area contributed by atoms with Crippen molar-refractivity contribution in [2.24, 2.45) is 33.7 Å². The second-order valence-corrected chi connectivity index (χ2v) is 10.6. The largest absolute Gasteiger partial charge is 0.508 e. The van der Waals surface area contributed by atoms with Crippen molar-refractivity contribution < 1.29 is 19.8 Å². The number of benzene rings is 1. The maximum absolute atomic E-state index is 12.6. The number of allylic oxidation sites excluding steroid dienone is 1. The Labute approximate surface area is 184 Å². The fourth-order valence-electron chi connectivity index (χ4n) is 7.50. The molecule has 3 unspecified atom stereocenters. The van der Waals surface area contributed by atoms with Crippen molar-refractivity contribution in [2.75, 3.05) is 0 Å². The van der Waals surface area contributed by atoms with E-state index in [1.54, 1.807) is 12.1 Å². The molecule has 3 saturated carbocycles. The normalized spacial score (nSPS) is 40.5. The van der Waals surface area contributed by atoms with Gasteiger partial charge in [0, 0.05) is 11.8 Å². The Balaban J connectivity index is 1.32. The van der Waals surface area contributed by atoms with Gasteiger partial charge in [0.2, 0.25) is 0 Å². The first kappa shape index (κ1) is 20.6. The molecule has 5 heteroatoms. The molecule has 0 aromatic heterocycles. The van der Waals surface area contributed by atoms with Gasteiger partial charge in [-0.2, -0.15) is 0 Å². The number of aromatic hydroxyl groups is 1. The molecule has 4 aliphatic carbocycles. The molecule has 0 heterocycles. The molecule has 0 spiro atoms. The molecule has 0 amide bonds. The number of hydrogen-bond acceptors (Lipinski definition) is 5. The van der Waals surface area contributed by atoms with Gasteiger partial charge in [-0.25, -0.2) is 4.79 Å². The molecule has 0 saturated heterocycles. The minimum absolute atomic E-state index is 0.0640. The van der Waals surface area contributed by atoms with Crippen molar-refractivity contribution in [3.63, 3.8) is 0 Å². The second kappa shape index (κ2) is 7.39. The van der Waals surface area contributed by atoms with Crippen LogP contribution in [0.1, 0.15) is 75.6 Å². The first-order valence-corrected chi connectivity index (χ1v) is 11.8. The molecule has 6 atom stereocenters. The van der Waals surface area contributed by atoms with Crippen LogP contribution in [0.5, 0.6) is 5.75 Å². The van der Waals surface area contributed by atoms with Crippen LogP contribution in [0, 0.1) is 28.6 Å². The lowest BCUT2D eigenvalue weighted by atomic mass is 9.48. The Bertz CT molecular complexity index is 935. The van der Waals surface area contributed by atoms with E-state index >= 15 is 0 Å². The van der Waals surface area contributed by atoms with Crippen molar-refractivity contribution in [1.82, 2.24) is 0 Å². The van der Waals surface area contributed by atoms with Crippen LogP contribution in [0.25, 0.3) is 0 Å². The molecule has 166 valence electrons. The first-order valence-electron chi connectivity index (χ1n) is 11.8. The molecule has 5 nitrogen and oxygen atoms in total. The Morgan fingerprint density at radius 1 is 1.06 bits per heavy atom. The number of nitrogens with zero attached hydrogens (tertiary/aromatic N) is 1. The maximum Gasteiger partial charge on any atom is 0.338 e. The van der Waals surface area contributed by atoms with Gasteiger partial charge in [-0.3, -0.25) is 0 Å². The van der Waals surface area contributed by atoms with Crippen LogP contribution >= 0.6 is 0 Å². The van der Waals surface area contributed by atoms with Gasteiger partial charge in [-0.15, -0.1) is 0 Å². The highest BCUT2D eigenvalue weighted by molar-refractivity contribution is 5.92. The molecule has 0 radical (unpaired) electrons. The summed E-state index contributed by atoms with van der Waals surface area (Å²) in [4.78, 5) is 12.6. The summed E-state index contributed by atoms with van der Waals surface area (Å²) >= 11 is 0. The molecule has 1 aromatic rings. The van der Waals surface area contributed by atoms with E-state index in [-0.39, 0.29) is 28.7 Å². The minimum Gasteiger partial charge on any atom is -0.508 e. The van der Waals surface area contributed by atoms with Gasteiger partial charge in [-0.1, -0.05) is 30.7 Å². The summed E-state index contributed by atoms with van der Waals surface area (Å²) in [5.74, 6) is 1.77. The highest BCUT2D eigenvalue weighted by atomic mass is 16.5. The number of phenols is 1. The zero-order chi connectivity index (χ0) is 21.8. The van der Waals surface area contributed by atoms with Gasteiger partial charge in [0.25, 0.3) is 0 Å². The molecule has 31 heavy (non-hydrogen) atoms. The first-order chi connectivity index (χ1) is 14.8. The number of hydrogen-bond donors (Lipinski definition) is 2. The SMILES string of the molecule is C[C@]12CC[C@H](OC(=O)c3ccc(O)cc3)CC1=CCC1C2CC[C@]2(C)/C(=N\O)CCC12.